The summed E-state index contributed by atoms with van der Waals surface area (Å²) < 4.78 is 0. The van der Waals surface area contributed by atoms with Gasteiger partial charge in [-0.2, -0.15) is 15.1 Å². The molecule has 1 aliphatic heterocycles. The molecule has 2 aromatic heterocycles. The Morgan fingerprint density at radius 3 is 2.57 bits per heavy atom. The first-order valence-electron chi connectivity index (χ1n) is 7.85. The lowest BCUT2D eigenvalue weighted by molar-refractivity contribution is 0.199. The van der Waals surface area contributed by atoms with Crippen molar-refractivity contribution in [2.24, 2.45) is 5.41 Å². The van der Waals surface area contributed by atoms with Gasteiger partial charge in [0.1, 0.15) is 5.82 Å². The lowest BCUT2D eigenvalue weighted by atomic mass is 9.74. The van der Waals surface area contributed by atoms with E-state index in [4.69, 9.17) is 0 Å². The lowest BCUT2D eigenvalue weighted by Crippen LogP contribution is -2.40. The predicted octanol–water partition coefficient (Wildman–Crippen LogP) is 2.80. The van der Waals surface area contributed by atoms with Crippen molar-refractivity contribution in [3.8, 4) is 0 Å². The van der Waals surface area contributed by atoms with E-state index in [2.05, 4.69) is 44.2 Å². The molecule has 6 heteroatoms. The first-order chi connectivity index (χ1) is 10.2. The van der Waals surface area contributed by atoms with Crippen molar-refractivity contribution in [3.63, 3.8) is 0 Å². The Balaban J connectivity index is 1.90. The van der Waals surface area contributed by atoms with Crippen LogP contribution < -0.4 is 10.2 Å². The highest BCUT2D eigenvalue weighted by atomic mass is 15.3. The number of rotatable bonds is 4. The summed E-state index contributed by atoms with van der Waals surface area (Å²) >= 11 is 0. The molecule has 0 amide bonds. The van der Waals surface area contributed by atoms with Gasteiger partial charge in [0.15, 0.2) is 5.65 Å². The summed E-state index contributed by atoms with van der Waals surface area (Å²) in [5, 5.41) is 11.1. The van der Waals surface area contributed by atoms with Crippen molar-refractivity contribution in [2.75, 3.05) is 30.4 Å². The fourth-order valence-corrected chi connectivity index (χ4v) is 3.32. The SMILES string of the molecule is CCC1(CC)CCN(c2nc(NC)nc3[nH]ncc23)CC1. The maximum absolute atomic E-state index is 4.66. The summed E-state index contributed by atoms with van der Waals surface area (Å²) in [7, 11) is 1.84. The third-order valence-corrected chi connectivity index (χ3v) is 5.14. The number of nitrogens with zero attached hydrogens (tertiary/aromatic N) is 4. The summed E-state index contributed by atoms with van der Waals surface area (Å²) in [4.78, 5) is 11.4. The second-order valence-electron chi connectivity index (χ2n) is 5.95. The second-order valence-corrected chi connectivity index (χ2v) is 5.95. The maximum atomic E-state index is 4.66. The molecule has 21 heavy (non-hydrogen) atoms. The van der Waals surface area contributed by atoms with Gasteiger partial charge in [-0.1, -0.05) is 26.7 Å². The molecule has 0 aliphatic carbocycles. The molecule has 2 aromatic rings. The molecule has 0 saturated carbocycles. The molecular weight excluding hydrogens is 264 g/mol. The van der Waals surface area contributed by atoms with Crippen LogP contribution in [0, 0.1) is 5.41 Å². The zero-order valence-electron chi connectivity index (χ0n) is 13.1. The van der Waals surface area contributed by atoms with E-state index >= 15 is 0 Å². The van der Waals surface area contributed by atoms with Gasteiger partial charge in [-0.25, -0.2) is 0 Å². The van der Waals surface area contributed by atoms with Crippen molar-refractivity contribution in [1.29, 1.82) is 0 Å². The molecule has 0 aromatic carbocycles. The molecule has 6 nitrogen and oxygen atoms in total. The standard InChI is InChI=1S/C15H24N6/c1-4-15(5-2)6-8-21(9-7-15)13-11-10-17-20-12(11)18-14(16-3)19-13/h10H,4-9H2,1-3H3,(H2,16,17,18,19,20). The van der Waals surface area contributed by atoms with Crippen LogP contribution in [0.15, 0.2) is 6.20 Å². The van der Waals surface area contributed by atoms with Crippen LogP contribution in [-0.4, -0.2) is 40.3 Å². The molecule has 0 spiro atoms. The van der Waals surface area contributed by atoms with Crippen molar-refractivity contribution >= 4 is 22.8 Å². The number of fused-ring (bicyclic) bond motifs is 1. The summed E-state index contributed by atoms with van der Waals surface area (Å²) in [6, 6.07) is 0. The van der Waals surface area contributed by atoms with Crippen LogP contribution in [0.1, 0.15) is 39.5 Å². The Bertz CT molecular complexity index is 606. The summed E-state index contributed by atoms with van der Waals surface area (Å²) in [6.07, 6.45) is 6.83. The topological polar surface area (TPSA) is 69.7 Å². The van der Waals surface area contributed by atoms with E-state index in [0.717, 1.165) is 29.9 Å². The summed E-state index contributed by atoms with van der Waals surface area (Å²) in [6.45, 7) is 6.75. The monoisotopic (exact) mass is 288 g/mol. The fraction of sp³-hybridized carbons (Fsp3) is 0.667. The van der Waals surface area contributed by atoms with Crippen LogP contribution in [0.4, 0.5) is 11.8 Å². The van der Waals surface area contributed by atoms with E-state index in [1.807, 2.05) is 13.2 Å². The van der Waals surface area contributed by atoms with Crippen LogP contribution in [0.2, 0.25) is 0 Å². The molecule has 1 aliphatic rings. The van der Waals surface area contributed by atoms with Crippen LogP contribution in [0.5, 0.6) is 0 Å². The Morgan fingerprint density at radius 1 is 1.24 bits per heavy atom. The minimum atomic E-state index is 0.519. The average molecular weight is 288 g/mol. The number of nitrogens with one attached hydrogen (secondary N) is 2. The predicted molar refractivity (Wildman–Crippen MR) is 85.7 cm³/mol. The zero-order chi connectivity index (χ0) is 14.9. The molecular formula is C15H24N6. The highest BCUT2D eigenvalue weighted by molar-refractivity contribution is 5.87. The van der Waals surface area contributed by atoms with Gasteiger partial charge in [-0.15, -0.1) is 0 Å². The summed E-state index contributed by atoms with van der Waals surface area (Å²) in [5.74, 6) is 1.64. The van der Waals surface area contributed by atoms with Gasteiger partial charge < -0.3 is 10.2 Å². The van der Waals surface area contributed by atoms with E-state index in [0.29, 0.717) is 11.4 Å². The van der Waals surface area contributed by atoms with Crippen molar-refractivity contribution in [3.05, 3.63) is 6.20 Å². The first kappa shape index (κ1) is 14.1. The molecule has 114 valence electrons. The van der Waals surface area contributed by atoms with E-state index < -0.39 is 0 Å². The van der Waals surface area contributed by atoms with Gasteiger partial charge >= 0.3 is 0 Å². The van der Waals surface area contributed by atoms with Gasteiger partial charge in [-0.05, 0) is 18.3 Å². The van der Waals surface area contributed by atoms with Crippen molar-refractivity contribution < 1.29 is 0 Å². The Hall–Kier alpha value is -1.85. The third kappa shape index (κ3) is 2.43. The smallest absolute Gasteiger partial charge is 0.226 e. The molecule has 1 saturated heterocycles. The lowest BCUT2D eigenvalue weighted by Gasteiger charge is -2.41. The number of aromatic amines is 1. The number of hydrogen-bond acceptors (Lipinski definition) is 5. The molecule has 0 radical (unpaired) electrons. The van der Waals surface area contributed by atoms with E-state index in [9.17, 15) is 0 Å². The normalized spacial score (nSPS) is 18.1. The van der Waals surface area contributed by atoms with Crippen LogP contribution >= 0.6 is 0 Å². The molecule has 0 bridgehead atoms. The molecule has 2 N–H and O–H groups in total. The molecule has 0 unspecified atom stereocenters. The summed E-state index contributed by atoms with van der Waals surface area (Å²) in [5.41, 5.74) is 1.32. The molecule has 3 rings (SSSR count). The van der Waals surface area contributed by atoms with E-state index in [1.54, 1.807) is 0 Å². The quantitative estimate of drug-likeness (QED) is 0.905. The minimum absolute atomic E-state index is 0.519. The van der Waals surface area contributed by atoms with Gasteiger partial charge in [0, 0.05) is 20.1 Å². The van der Waals surface area contributed by atoms with Crippen LogP contribution in [-0.2, 0) is 0 Å². The van der Waals surface area contributed by atoms with Crippen molar-refractivity contribution in [1.82, 2.24) is 20.2 Å². The Kier molecular flexibility index (Phi) is 3.69. The number of H-pyrrole nitrogens is 1. The van der Waals surface area contributed by atoms with E-state index in [1.165, 1.54) is 25.7 Å². The number of piperidine rings is 1. The van der Waals surface area contributed by atoms with Crippen LogP contribution in [0.25, 0.3) is 11.0 Å². The highest BCUT2D eigenvalue weighted by Gasteiger charge is 2.32. The Labute approximate surface area is 125 Å². The zero-order valence-corrected chi connectivity index (χ0v) is 13.1. The molecule has 1 fully saturated rings. The average Bonchev–Trinajstić information content (AvgIpc) is 3.02. The van der Waals surface area contributed by atoms with Gasteiger partial charge in [0.2, 0.25) is 5.95 Å². The number of anilines is 2. The molecule has 3 heterocycles. The highest BCUT2D eigenvalue weighted by Crippen LogP contribution is 2.39. The third-order valence-electron chi connectivity index (χ3n) is 5.14. The largest absolute Gasteiger partial charge is 0.357 e. The second kappa shape index (κ2) is 5.50. The van der Waals surface area contributed by atoms with Gasteiger partial charge in [0.05, 0.1) is 11.6 Å². The number of aromatic nitrogens is 4. The fourth-order valence-electron chi connectivity index (χ4n) is 3.32. The minimum Gasteiger partial charge on any atom is -0.357 e. The van der Waals surface area contributed by atoms with Gasteiger partial charge in [0.25, 0.3) is 0 Å². The van der Waals surface area contributed by atoms with E-state index in [-0.39, 0.29) is 0 Å². The maximum Gasteiger partial charge on any atom is 0.226 e. The van der Waals surface area contributed by atoms with Crippen molar-refractivity contribution in [2.45, 2.75) is 39.5 Å². The Morgan fingerprint density at radius 2 is 1.95 bits per heavy atom. The van der Waals surface area contributed by atoms with Crippen LogP contribution in [0.3, 0.4) is 0 Å². The molecule has 0 atom stereocenters. The van der Waals surface area contributed by atoms with Gasteiger partial charge in [-0.3, -0.25) is 5.10 Å². The first-order valence-corrected chi connectivity index (χ1v) is 7.85. The number of hydrogen-bond donors (Lipinski definition) is 2.